The Morgan fingerprint density at radius 2 is 2.10 bits per heavy atom. The Morgan fingerprint density at radius 1 is 1.40 bits per heavy atom. The molecule has 1 heterocycles. The lowest BCUT2D eigenvalue weighted by Gasteiger charge is -2.24. The molecule has 1 atom stereocenters. The Labute approximate surface area is 117 Å². The summed E-state index contributed by atoms with van der Waals surface area (Å²) in [6.07, 6.45) is 2.02. The predicted octanol–water partition coefficient (Wildman–Crippen LogP) is 1.03. The third kappa shape index (κ3) is 3.48. The number of likely N-dealkylation sites (tertiary alicyclic amines) is 1. The Hall–Kier alpha value is -2.08. The number of hydrogen-bond acceptors (Lipinski definition) is 4. The predicted molar refractivity (Wildman–Crippen MR) is 74.3 cm³/mol. The maximum atomic E-state index is 11.6. The number of carbonyl (C=O) groups excluding carboxylic acids is 2. The summed E-state index contributed by atoms with van der Waals surface area (Å²) in [4.78, 5) is 24.3. The minimum absolute atomic E-state index is 0.180. The van der Waals surface area contributed by atoms with Crippen molar-refractivity contribution in [2.24, 2.45) is 5.73 Å². The number of carbonyl (C=O) groups is 2. The Morgan fingerprint density at radius 3 is 2.70 bits per heavy atom. The lowest BCUT2D eigenvalue weighted by molar-refractivity contribution is -0.121. The van der Waals surface area contributed by atoms with Crippen LogP contribution in [0.1, 0.15) is 24.4 Å². The van der Waals surface area contributed by atoms with Crippen LogP contribution in [0.15, 0.2) is 24.3 Å². The number of benzene rings is 1. The summed E-state index contributed by atoms with van der Waals surface area (Å²) < 4.78 is 5.14. The number of hydrogen-bond donors (Lipinski definition) is 2. The van der Waals surface area contributed by atoms with Crippen LogP contribution in [0, 0.1) is 0 Å². The maximum absolute atomic E-state index is 11.6. The summed E-state index contributed by atoms with van der Waals surface area (Å²) in [5.74, 6) is 0.447. The zero-order valence-electron chi connectivity index (χ0n) is 11.5. The van der Waals surface area contributed by atoms with Crippen LogP contribution in [0.5, 0.6) is 5.75 Å². The van der Waals surface area contributed by atoms with Gasteiger partial charge in [0.1, 0.15) is 5.75 Å². The number of amides is 3. The van der Waals surface area contributed by atoms with Crippen LogP contribution in [-0.4, -0.2) is 37.0 Å². The third-order valence-electron chi connectivity index (χ3n) is 3.47. The van der Waals surface area contributed by atoms with Crippen LogP contribution >= 0.6 is 0 Å². The largest absolute Gasteiger partial charge is 0.497 e. The molecule has 0 aromatic heterocycles. The minimum atomic E-state index is -0.810. The number of nitrogens with one attached hydrogen (secondary N) is 1. The van der Waals surface area contributed by atoms with Gasteiger partial charge in [-0.05, 0) is 37.1 Å². The van der Waals surface area contributed by atoms with Crippen molar-refractivity contribution < 1.29 is 14.3 Å². The van der Waals surface area contributed by atoms with Crippen molar-refractivity contribution in [2.45, 2.75) is 18.9 Å². The molecule has 3 N–H and O–H groups in total. The van der Waals surface area contributed by atoms with Gasteiger partial charge in [-0.2, -0.15) is 0 Å². The topological polar surface area (TPSA) is 84.7 Å². The van der Waals surface area contributed by atoms with E-state index in [1.807, 2.05) is 24.3 Å². The van der Waals surface area contributed by atoms with Gasteiger partial charge in [-0.25, -0.2) is 4.79 Å². The van der Waals surface area contributed by atoms with E-state index in [1.54, 1.807) is 7.11 Å². The van der Waals surface area contributed by atoms with Gasteiger partial charge in [0.25, 0.3) is 0 Å². The second-order valence-corrected chi connectivity index (χ2v) is 4.81. The van der Waals surface area contributed by atoms with Crippen molar-refractivity contribution >= 4 is 11.9 Å². The number of nitrogens with zero attached hydrogens (tertiary/aromatic N) is 1. The van der Waals surface area contributed by atoms with Gasteiger partial charge in [0.2, 0.25) is 5.91 Å². The van der Waals surface area contributed by atoms with E-state index < -0.39 is 6.03 Å². The molecule has 6 heteroatoms. The second kappa shape index (κ2) is 6.38. The third-order valence-corrected chi connectivity index (χ3v) is 3.47. The first-order valence-corrected chi connectivity index (χ1v) is 6.57. The highest BCUT2D eigenvalue weighted by Gasteiger charge is 2.27. The molecular formula is C14H19N3O3. The van der Waals surface area contributed by atoms with Crippen LogP contribution in [0.25, 0.3) is 0 Å². The summed E-state index contributed by atoms with van der Waals surface area (Å²) >= 11 is 0. The van der Waals surface area contributed by atoms with Crippen molar-refractivity contribution in [3.05, 3.63) is 29.8 Å². The van der Waals surface area contributed by atoms with Gasteiger partial charge in [-0.3, -0.25) is 15.0 Å². The molecule has 0 bridgehead atoms. The monoisotopic (exact) mass is 277 g/mol. The SMILES string of the molecule is COc1ccc([C@@H]2CCCN2CC(=O)NC(N)=O)cc1. The quantitative estimate of drug-likeness (QED) is 0.860. The van der Waals surface area contributed by atoms with E-state index in [2.05, 4.69) is 10.2 Å². The van der Waals surface area contributed by atoms with E-state index in [1.165, 1.54) is 0 Å². The van der Waals surface area contributed by atoms with E-state index in [0.29, 0.717) is 0 Å². The molecule has 1 aliphatic heterocycles. The Balaban J connectivity index is 2.02. The fraction of sp³-hybridized carbons (Fsp3) is 0.429. The van der Waals surface area contributed by atoms with Crippen molar-refractivity contribution in [1.82, 2.24) is 10.2 Å². The molecule has 1 aliphatic rings. The van der Waals surface area contributed by atoms with Crippen LogP contribution in [0.3, 0.4) is 0 Å². The summed E-state index contributed by atoms with van der Waals surface area (Å²) in [6.45, 7) is 1.02. The molecule has 0 aliphatic carbocycles. The molecule has 3 amide bonds. The van der Waals surface area contributed by atoms with Gasteiger partial charge in [0.15, 0.2) is 0 Å². The lowest BCUT2D eigenvalue weighted by atomic mass is 10.0. The van der Waals surface area contributed by atoms with Crippen molar-refractivity contribution in [3.8, 4) is 5.75 Å². The molecule has 0 unspecified atom stereocenters. The van der Waals surface area contributed by atoms with Crippen LogP contribution in [0.2, 0.25) is 0 Å². The number of methoxy groups -OCH3 is 1. The average Bonchev–Trinajstić information content (AvgIpc) is 2.86. The van der Waals surface area contributed by atoms with Gasteiger partial charge < -0.3 is 10.5 Å². The molecule has 2 rings (SSSR count). The molecule has 0 spiro atoms. The molecule has 0 saturated carbocycles. The van der Waals surface area contributed by atoms with Crippen LogP contribution < -0.4 is 15.8 Å². The van der Waals surface area contributed by atoms with E-state index >= 15 is 0 Å². The highest BCUT2D eigenvalue weighted by Crippen LogP contribution is 2.32. The molecule has 108 valence electrons. The molecule has 20 heavy (non-hydrogen) atoms. The zero-order chi connectivity index (χ0) is 14.5. The first kappa shape index (κ1) is 14.3. The van der Waals surface area contributed by atoms with Crippen LogP contribution in [-0.2, 0) is 4.79 Å². The minimum Gasteiger partial charge on any atom is -0.497 e. The van der Waals surface area contributed by atoms with E-state index in [4.69, 9.17) is 10.5 Å². The van der Waals surface area contributed by atoms with E-state index in [0.717, 1.165) is 30.7 Å². The zero-order valence-corrected chi connectivity index (χ0v) is 11.5. The number of ether oxygens (including phenoxy) is 1. The van der Waals surface area contributed by atoms with Gasteiger partial charge in [0, 0.05) is 6.04 Å². The molecule has 1 aromatic rings. The van der Waals surface area contributed by atoms with Crippen molar-refractivity contribution in [2.75, 3.05) is 20.2 Å². The number of rotatable bonds is 4. The molecule has 1 saturated heterocycles. The lowest BCUT2D eigenvalue weighted by Crippen LogP contribution is -2.42. The van der Waals surface area contributed by atoms with Gasteiger partial charge in [-0.1, -0.05) is 12.1 Å². The van der Waals surface area contributed by atoms with E-state index in [9.17, 15) is 9.59 Å². The Bertz CT molecular complexity index is 487. The summed E-state index contributed by atoms with van der Waals surface area (Å²) in [6, 6.07) is 7.22. The molecule has 1 fully saturated rings. The number of urea groups is 1. The fourth-order valence-corrected chi connectivity index (χ4v) is 2.58. The molecule has 0 radical (unpaired) electrons. The van der Waals surface area contributed by atoms with Gasteiger partial charge >= 0.3 is 6.03 Å². The second-order valence-electron chi connectivity index (χ2n) is 4.81. The first-order chi connectivity index (χ1) is 9.60. The highest BCUT2D eigenvalue weighted by molar-refractivity contribution is 5.94. The maximum Gasteiger partial charge on any atom is 0.318 e. The fourth-order valence-electron chi connectivity index (χ4n) is 2.58. The number of imide groups is 1. The first-order valence-electron chi connectivity index (χ1n) is 6.57. The highest BCUT2D eigenvalue weighted by atomic mass is 16.5. The molecular weight excluding hydrogens is 258 g/mol. The van der Waals surface area contributed by atoms with Crippen molar-refractivity contribution in [3.63, 3.8) is 0 Å². The summed E-state index contributed by atoms with van der Waals surface area (Å²) in [7, 11) is 1.63. The van der Waals surface area contributed by atoms with Gasteiger partial charge in [-0.15, -0.1) is 0 Å². The molecule has 6 nitrogen and oxygen atoms in total. The number of primary amides is 1. The number of nitrogens with two attached hydrogens (primary N) is 1. The average molecular weight is 277 g/mol. The summed E-state index contributed by atoms with van der Waals surface area (Å²) in [5.41, 5.74) is 6.09. The van der Waals surface area contributed by atoms with Crippen LogP contribution in [0.4, 0.5) is 4.79 Å². The Kier molecular flexibility index (Phi) is 4.57. The molecule has 1 aromatic carbocycles. The smallest absolute Gasteiger partial charge is 0.318 e. The van der Waals surface area contributed by atoms with E-state index in [-0.39, 0.29) is 18.5 Å². The normalized spacial score (nSPS) is 18.8. The van der Waals surface area contributed by atoms with Gasteiger partial charge in [0.05, 0.1) is 13.7 Å². The standard InChI is InChI=1S/C14H19N3O3/c1-20-11-6-4-10(5-7-11)12-3-2-8-17(12)9-13(18)16-14(15)19/h4-7,12H,2-3,8-9H2,1H3,(H3,15,16,18,19)/t12-/m0/s1. The van der Waals surface area contributed by atoms with Crippen molar-refractivity contribution in [1.29, 1.82) is 0 Å². The summed E-state index contributed by atoms with van der Waals surface area (Å²) in [5, 5.41) is 2.10.